The summed E-state index contributed by atoms with van der Waals surface area (Å²) in [6, 6.07) is 0. The van der Waals surface area contributed by atoms with Crippen LogP contribution in [-0.2, 0) is 9.84 Å². The van der Waals surface area contributed by atoms with Crippen molar-refractivity contribution in [1.82, 2.24) is 4.90 Å². The van der Waals surface area contributed by atoms with Crippen molar-refractivity contribution in [3.63, 3.8) is 0 Å². The standard InChI is InChI=1S/C11H20F3NO3S/c1-9(2)4-5-15(6-7-19(9,17)18)8-10(3,16)11(12,13)14/h16H,4-8H2,1-3H3/t10-/m0/s1. The minimum absolute atomic E-state index is 0.0119. The molecule has 114 valence electrons. The normalized spacial score (nSPS) is 27.5. The van der Waals surface area contributed by atoms with Crippen LogP contribution in [0.25, 0.3) is 0 Å². The zero-order valence-corrected chi connectivity index (χ0v) is 12.1. The minimum Gasteiger partial charge on any atom is -0.380 e. The van der Waals surface area contributed by atoms with Crippen molar-refractivity contribution in [2.75, 3.05) is 25.4 Å². The molecule has 0 spiro atoms. The molecule has 0 aliphatic carbocycles. The van der Waals surface area contributed by atoms with Gasteiger partial charge in [-0.3, -0.25) is 4.90 Å². The van der Waals surface area contributed by atoms with Crippen molar-refractivity contribution >= 4 is 9.84 Å². The lowest BCUT2D eigenvalue weighted by Gasteiger charge is -2.32. The smallest absolute Gasteiger partial charge is 0.380 e. The molecular formula is C11H20F3NO3S. The molecule has 0 unspecified atom stereocenters. The predicted molar refractivity (Wildman–Crippen MR) is 65.6 cm³/mol. The maximum Gasteiger partial charge on any atom is 0.418 e. The van der Waals surface area contributed by atoms with E-state index in [1.54, 1.807) is 13.8 Å². The summed E-state index contributed by atoms with van der Waals surface area (Å²) < 4.78 is 60.7. The fourth-order valence-corrected chi connectivity index (χ4v) is 3.36. The molecule has 19 heavy (non-hydrogen) atoms. The lowest BCUT2D eigenvalue weighted by Crippen LogP contribution is -2.51. The lowest BCUT2D eigenvalue weighted by atomic mass is 10.0. The molecule has 0 bridgehead atoms. The first-order valence-corrected chi connectivity index (χ1v) is 7.67. The summed E-state index contributed by atoms with van der Waals surface area (Å²) in [4.78, 5) is 1.36. The van der Waals surface area contributed by atoms with Crippen molar-refractivity contribution in [2.45, 2.75) is 43.7 Å². The van der Waals surface area contributed by atoms with E-state index in [-0.39, 0.29) is 25.3 Å². The number of sulfone groups is 1. The van der Waals surface area contributed by atoms with Crippen LogP contribution in [-0.4, -0.2) is 60.3 Å². The summed E-state index contributed by atoms with van der Waals surface area (Å²) in [7, 11) is -3.33. The molecule has 1 atom stereocenters. The van der Waals surface area contributed by atoms with E-state index in [1.807, 2.05) is 0 Å². The van der Waals surface area contributed by atoms with E-state index in [1.165, 1.54) is 4.90 Å². The van der Waals surface area contributed by atoms with Gasteiger partial charge in [-0.1, -0.05) is 0 Å². The third-order valence-corrected chi connectivity index (χ3v) is 6.30. The van der Waals surface area contributed by atoms with Gasteiger partial charge in [0.1, 0.15) is 0 Å². The molecule has 1 saturated heterocycles. The van der Waals surface area contributed by atoms with Crippen LogP contribution in [0.2, 0.25) is 0 Å². The Labute approximate surface area is 111 Å². The van der Waals surface area contributed by atoms with Crippen molar-refractivity contribution in [1.29, 1.82) is 0 Å². The van der Waals surface area contributed by atoms with Gasteiger partial charge in [0.15, 0.2) is 15.4 Å². The lowest BCUT2D eigenvalue weighted by molar-refractivity contribution is -0.257. The summed E-state index contributed by atoms with van der Waals surface area (Å²) in [5.74, 6) is -0.187. The molecular weight excluding hydrogens is 283 g/mol. The molecule has 1 fully saturated rings. The van der Waals surface area contributed by atoms with E-state index in [2.05, 4.69) is 0 Å². The van der Waals surface area contributed by atoms with Gasteiger partial charge in [-0.2, -0.15) is 13.2 Å². The SMILES string of the molecule is CC1(C)CCN(C[C@](C)(O)C(F)(F)F)CCS1(=O)=O. The maximum absolute atomic E-state index is 12.6. The summed E-state index contributed by atoms with van der Waals surface area (Å²) in [6.45, 7) is 3.48. The Bertz CT molecular complexity index is 429. The van der Waals surface area contributed by atoms with E-state index in [4.69, 9.17) is 0 Å². The van der Waals surface area contributed by atoms with Gasteiger partial charge in [-0.25, -0.2) is 8.42 Å². The molecule has 0 radical (unpaired) electrons. The zero-order chi connectivity index (χ0) is 15.1. The van der Waals surface area contributed by atoms with Gasteiger partial charge < -0.3 is 5.11 Å². The number of aliphatic hydroxyl groups is 1. The molecule has 1 heterocycles. The summed E-state index contributed by atoms with van der Waals surface area (Å²) in [5.41, 5.74) is -2.83. The van der Waals surface area contributed by atoms with Crippen molar-refractivity contribution in [3.8, 4) is 0 Å². The quantitative estimate of drug-likeness (QED) is 0.833. The van der Waals surface area contributed by atoms with Crippen molar-refractivity contribution in [3.05, 3.63) is 0 Å². The highest BCUT2D eigenvalue weighted by molar-refractivity contribution is 7.92. The molecule has 1 aliphatic rings. The van der Waals surface area contributed by atoms with Crippen LogP contribution < -0.4 is 0 Å². The third-order valence-electron chi connectivity index (χ3n) is 3.69. The predicted octanol–water partition coefficient (Wildman–Crippen LogP) is 1.20. The number of nitrogens with zero attached hydrogens (tertiary/aromatic N) is 1. The highest BCUT2D eigenvalue weighted by atomic mass is 32.2. The Kier molecular flexibility index (Phi) is 4.30. The Morgan fingerprint density at radius 1 is 1.26 bits per heavy atom. The Morgan fingerprint density at radius 3 is 2.26 bits per heavy atom. The summed E-state index contributed by atoms with van der Waals surface area (Å²) in [6.07, 6.45) is -4.48. The van der Waals surface area contributed by atoms with Gasteiger partial charge in [0.25, 0.3) is 0 Å². The highest BCUT2D eigenvalue weighted by Crippen LogP contribution is 2.32. The van der Waals surface area contributed by atoms with Crippen LogP contribution in [0.1, 0.15) is 27.2 Å². The van der Waals surface area contributed by atoms with E-state index in [0.29, 0.717) is 6.92 Å². The molecule has 0 aromatic heterocycles. The Balaban J connectivity index is 2.80. The number of rotatable bonds is 2. The van der Waals surface area contributed by atoms with Gasteiger partial charge in [-0.05, 0) is 33.7 Å². The van der Waals surface area contributed by atoms with Crippen LogP contribution in [0.5, 0.6) is 0 Å². The van der Waals surface area contributed by atoms with Crippen LogP contribution in [0.3, 0.4) is 0 Å². The maximum atomic E-state index is 12.6. The second-order valence-corrected chi connectivity index (χ2v) is 8.62. The molecule has 1 aliphatic heterocycles. The van der Waals surface area contributed by atoms with E-state index in [0.717, 1.165) is 0 Å². The fraction of sp³-hybridized carbons (Fsp3) is 1.00. The minimum atomic E-state index is -4.73. The number of halogens is 3. The monoisotopic (exact) mass is 303 g/mol. The molecule has 8 heteroatoms. The van der Waals surface area contributed by atoms with E-state index in [9.17, 15) is 26.7 Å². The van der Waals surface area contributed by atoms with Gasteiger partial charge in [-0.15, -0.1) is 0 Å². The molecule has 1 rings (SSSR count). The fourth-order valence-electron chi connectivity index (χ4n) is 1.90. The average molecular weight is 303 g/mol. The first kappa shape index (κ1) is 16.7. The van der Waals surface area contributed by atoms with Crippen LogP contribution in [0, 0.1) is 0 Å². The average Bonchev–Trinajstić information content (AvgIpc) is 2.27. The van der Waals surface area contributed by atoms with E-state index < -0.39 is 32.9 Å². The number of hydrogen-bond acceptors (Lipinski definition) is 4. The van der Waals surface area contributed by atoms with E-state index >= 15 is 0 Å². The Morgan fingerprint density at radius 2 is 1.79 bits per heavy atom. The molecule has 0 aromatic carbocycles. The zero-order valence-electron chi connectivity index (χ0n) is 11.3. The summed E-state index contributed by atoms with van der Waals surface area (Å²) >= 11 is 0. The number of alkyl halides is 3. The van der Waals surface area contributed by atoms with Gasteiger partial charge >= 0.3 is 6.18 Å². The topological polar surface area (TPSA) is 57.6 Å². The molecule has 0 aromatic rings. The van der Waals surface area contributed by atoms with Gasteiger partial charge in [0, 0.05) is 13.1 Å². The van der Waals surface area contributed by atoms with Crippen LogP contribution in [0.15, 0.2) is 0 Å². The number of hydrogen-bond donors (Lipinski definition) is 1. The second-order valence-electron chi connectivity index (χ2n) is 5.88. The first-order valence-electron chi connectivity index (χ1n) is 6.02. The van der Waals surface area contributed by atoms with Gasteiger partial charge in [0.2, 0.25) is 0 Å². The second kappa shape index (κ2) is 4.89. The Hall–Kier alpha value is -0.340. The van der Waals surface area contributed by atoms with Crippen LogP contribution >= 0.6 is 0 Å². The molecule has 4 nitrogen and oxygen atoms in total. The third kappa shape index (κ3) is 3.61. The van der Waals surface area contributed by atoms with Gasteiger partial charge in [0.05, 0.1) is 10.5 Å². The molecule has 0 saturated carbocycles. The summed E-state index contributed by atoms with van der Waals surface area (Å²) in [5, 5.41) is 9.44. The molecule has 1 N–H and O–H groups in total. The highest BCUT2D eigenvalue weighted by Gasteiger charge is 2.51. The number of β-amino-alcohol motifs (C(OH)–C–C–N with tert-alkyl or cyclic N) is 1. The van der Waals surface area contributed by atoms with Crippen molar-refractivity contribution in [2.24, 2.45) is 0 Å². The van der Waals surface area contributed by atoms with Crippen molar-refractivity contribution < 1.29 is 26.7 Å². The van der Waals surface area contributed by atoms with Crippen LogP contribution in [0.4, 0.5) is 13.2 Å². The first-order chi connectivity index (χ1) is 8.29. The molecule has 0 amide bonds. The largest absolute Gasteiger partial charge is 0.418 e.